The Balaban J connectivity index is 1.99. The molecule has 0 bridgehead atoms. The van der Waals surface area contributed by atoms with Gasteiger partial charge in [0.2, 0.25) is 15.9 Å². The topological polar surface area (TPSA) is 108 Å². The van der Waals surface area contributed by atoms with Gasteiger partial charge < -0.3 is 15.0 Å². The fourth-order valence-electron chi connectivity index (χ4n) is 2.80. The van der Waals surface area contributed by atoms with Crippen LogP contribution in [0.4, 0.5) is 0 Å². The number of hydrogen-bond acceptors (Lipinski definition) is 6. The number of carbonyl (C=O) groups excluding carboxylic acids is 1. The zero-order valence-corrected chi connectivity index (χ0v) is 16.3. The molecule has 1 atom stereocenters. The van der Waals surface area contributed by atoms with Gasteiger partial charge in [0.05, 0.1) is 34.4 Å². The summed E-state index contributed by atoms with van der Waals surface area (Å²) in [6.45, 7) is 5.84. The van der Waals surface area contributed by atoms with Crippen LogP contribution in [0.2, 0.25) is 0 Å². The molecule has 1 saturated heterocycles. The maximum atomic E-state index is 12.8. The molecule has 1 aliphatic heterocycles. The molecule has 2 heterocycles. The summed E-state index contributed by atoms with van der Waals surface area (Å²) in [4.78, 5) is 16.1. The Hall–Kier alpha value is -1.62. The standard InChI is InChI=1S/C16H22N4O4S2/c1-3-20-14-5-4-12(26(22,23)19-6-8-24-9-7-19)10-13(14)18-16(20)25-11(2)15(17)21/h4-5,10-11H,3,6-9H2,1-2H3,(H2,17,21)/t11-/m0/s1. The van der Waals surface area contributed by atoms with E-state index >= 15 is 0 Å². The van der Waals surface area contributed by atoms with Crippen molar-refractivity contribution in [2.75, 3.05) is 26.3 Å². The van der Waals surface area contributed by atoms with E-state index < -0.39 is 21.2 Å². The lowest BCUT2D eigenvalue weighted by Gasteiger charge is -2.26. The fraction of sp³-hybridized carbons (Fsp3) is 0.500. The molecule has 1 amide bonds. The van der Waals surface area contributed by atoms with Gasteiger partial charge >= 0.3 is 0 Å². The third-order valence-corrected chi connectivity index (χ3v) is 7.29. The van der Waals surface area contributed by atoms with E-state index in [2.05, 4.69) is 4.98 Å². The van der Waals surface area contributed by atoms with Crippen molar-refractivity contribution in [2.24, 2.45) is 5.73 Å². The molecule has 0 aliphatic carbocycles. The SMILES string of the molecule is CCn1c(S[C@@H](C)C(N)=O)nc2cc(S(=O)(=O)N3CCOCC3)ccc21. The third kappa shape index (κ3) is 3.59. The summed E-state index contributed by atoms with van der Waals surface area (Å²) in [7, 11) is -3.58. The number of thioether (sulfide) groups is 1. The number of amides is 1. The highest BCUT2D eigenvalue weighted by molar-refractivity contribution is 8.00. The van der Waals surface area contributed by atoms with Crippen molar-refractivity contribution in [2.45, 2.75) is 35.7 Å². The van der Waals surface area contributed by atoms with E-state index in [-0.39, 0.29) is 4.90 Å². The summed E-state index contributed by atoms with van der Waals surface area (Å²) in [5.74, 6) is -0.416. The molecular weight excluding hydrogens is 376 g/mol. The Labute approximate surface area is 156 Å². The van der Waals surface area contributed by atoms with E-state index in [1.807, 2.05) is 11.5 Å². The van der Waals surface area contributed by atoms with Crippen molar-refractivity contribution in [3.05, 3.63) is 18.2 Å². The Morgan fingerprint density at radius 2 is 2.08 bits per heavy atom. The zero-order chi connectivity index (χ0) is 18.9. The first-order valence-electron chi connectivity index (χ1n) is 8.38. The third-order valence-electron chi connectivity index (χ3n) is 4.29. The van der Waals surface area contributed by atoms with Crippen LogP contribution < -0.4 is 5.73 Å². The summed E-state index contributed by atoms with van der Waals surface area (Å²) in [5.41, 5.74) is 6.75. The molecule has 0 radical (unpaired) electrons. The lowest BCUT2D eigenvalue weighted by atomic mass is 10.3. The molecular formula is C16H22N4O4S2. The first-order chi connectivity index (χ1) is 12.3. The summed E-state index contributed by atoms with van der Waals surface area (Å²) in [6, 6.07) is 4.95. The number of hydrogen-bond donors (Lipinski definition) is 1. The average Bonchev–Trinajstić information content (AvgIpc) is 2.98. The first kappa shape index (κ1) is 19.2. The molecule has 1 aromatic carbocycles. The molecule has 10 heteroatoms. The van der Waals surface area contributed by atoms with E-state index in [1.54, 1.807) is 25.1 Å². The van der Waals surface area contributed by atoms with Gasteiger partial charge in [-0.15, -0.1) is 0 Å². The van der Waals surface area contributed by atoms with Gasteiger partial charge in [0.1, 0.15) is 0 Å². The molecule has 3 rings (SSSR count). The van der Waals surface area contributed by atoms with Gasteiger partial charge in [-0.25, -0.2) is 13.4 Å². The number of aryl methyl sites for hydroxylation is 1. The number of rotatable bonds is 6. The van der Waals surface area contributed by atoms with Crippen LogP contribution in [0.3, 0.4) is 0 Å². The molecule has 1 aromatic heterocycles. The average molecular weight is 399 g/mol. The summed E-state index contributed by atoms with van der Waals surface area (Å²) < 4.78 is 34.3. The van der Waals surface area contributed by atoms with Crippen LogP contribution in [0, 0.1) is 0 Å². The smallest absolute Gasteiger partial charge is 0.243 e. The molecule has 0 spiro atoms. The minimum Gasteiger partial charge on any atom is -0.379 e. The zero-order valence-electron chi connectivity index (χ0n) is 14.7. The van der Waals surface area contributed by atoms with Gasteiger partial charge in [-0.05, 0) is 32.0 Å². The van der Waals surface area contributed by atoms with E-state index in [0.717, 1.165) is 5.52 Å². The number of carbonyl (C=O) groups is 1. The van der Waals surface area contributed by atoms with Crippen molar-refractivity contribution < 1.29 is 17.9 Å². The Kier molecular flexibility index (Phi) is 5.56. The quantitative estimate of drug-likeness (QED) is 0.729. The minimum atomic E-state index is -3.58. The number of aromatic nitrogens is 2. The van der Waals surface area contributed by atoms with Gasteiger partial charge in [0, 0.05) is 19.6 Å². The van der Waals surface area contributed by atoms with Crippen molar-refractivity contribution in [1.29, 1.82) is 0 Å². The van der Waals surface area contributed by atoms with Crippen molar-refractivity contribution in [3.8, 4) is 0 Å². The Morgan fingerprint density at radius 1 is 1.38 bits per heavy atom. The molecule has 2 aromatic rings. The van der Waals surface area contributed by atoms with Crippen LogP contribution in [0.25, 0.3) is 11.0 Å². The van der Waals surface area contributed by atoms with Gasteiger partial charge in [0.15, 0.2) is 5.16 Å². The highest BCUT2D eigenvalue weighted by Gasteiger charge is 2.27. The van der Waals surface area contributed by atoms with E-state index in [1.165, 1.54) is 16.1 Å². The number of sulfonamides is 1. The molecule has 0 unspecified atom stereocenters. The van der Waals surface area contributed by atoms with Gasteiger partial charge in [-0.3, -0.25) is 4.79 Å². The van der Waals surface area contributed by atoms with Crippen molar-refractivity contribution >= 4 is 38.7 Å². The number of imidazole rings is 1. The van der Waals surface area contributed by atoms with Crippen LogP contribution in [0.15, 0.2) is 28.3 Å². The largest absolute Gasteiger partial charge is 0.379 e. The fourth-order valence-corrected chi connectivity index (χ4v) is 5.16. The number of nitrogens with zero attached hydrogens (tertiary/aromatic N) is 3. The van der Waals surface area contributed by atoms with E-state index in [4.69, 9.17) is 10.5 Å². The molecule has 26 heavy (non-hydrogen) atoms. The van der Waals surface area contributed by atoms with Crippen LogP contribution in [-0.4, -0.2) is 59.7 Å². The first-order valence-corrected chi connectivity index (χ1v) is 10.7. The number of benzene rings is 1. The normalized spacial score (nSPS) is 17.5. The van der Waals surface area contributed by atoms with E-state index in [9.17, 15) is 13.2 Å². The maximum Gasteiger partial charge on any atom is 0.243 e. The number of primary amides is 1. The summed E-state index contributed by atoms with van der Waals surface area (Å²) >= 11 is 1.27. The monoisotopic (exact) mass is 398 g/mol. The summed E-state index contributed by atoms with van der Waals surface area (Å²) in [5, 5.41) is 0.225. The number of ether oxygens (including phenoxy) is 1. The predicted molar refractivity (Wildman–Crippen MR) is 99.5 cm³/mol. The lowest BCUT2D eigenvalue weighted by molar-refractivity contribution is -0.117. The minimum absolute atomic E-state index is 0.215. The second kappa shape index (κ2) is 7.55. The second-order valence-corrected chi connectivity index (χ2v) is 9.21. The molecule has 142 valence electrons. The summed E-state index contributed by atoms with van der Waals surface area (Å²) in [6.07, 6.45) is 0. The predicted octanol–water partition coefficient (Wildman–Crippen LogP) is 1.04. The molecule has 8 nitrogen and oxygen atoms in total. The number of morpholine rings is 1. The second-order valence-electron chi connectivity index (χ2n) is 5.97. The van der Waals surface area contributed by atoms with Crippen molar-refractivity contribution in [3.63, 3.8) is 0 Å². The van der Waals surface area contributed by atoms with Gasteiger partial charge in [-0.1, -0.05) is 11.8 Å². The number of fused-ring (bicyclic) bond motifs is 1. The Bertz CT molecular complexity index is 920. The van der Waals surface area contributed by atoms with Crippen LogP contribution >= 0.6 is 11.8 Å². The van der Waals surface area contributed by atoms with Crippen LogP contribution in [-0.2, 0) is 26.1 Å². The Morgan fingerprint density at radius 3 is 2.69 bits per heavy atom. The van der Waals surface area contributed by atoms with Crippen molar-refractivity contribution in [1.82, 2.24) is 13.9 Å². The molecule has 1 fully saturated rings. The highest BCUT2D eigenvalue weighted by Crippen LogP contribution is 2.29. The molecule has 2 N–H and O–H groups in total. The van der Waals surface area contributed by atoms with Gasteiger partial charge in [-0.2, -0.15) is 4.31 Å². The lowest BCUT2D eigenvalue weighted by Crippen LogP contribution is -2.40. The van der Waals surface area contributed by atoms with E-state index in [0.29, 0.717) is 43.5 Å². The van der Waals surface area contributed by atoms with Gasteiger partial charge in [0.25, 0.3) is 0 Å². The highest BCUT2D eigenvalue weighted by atomic mass is 32.2. The maximum absolute atomic E-state index is 12.8. The molecule has 0 saturated carbocycles. The molecule has 1 aliphatic rings. The van der Waals surface area contributed by atoms with Crippen LogP contribution in [0.1, 0.15) is 13.8 Å². The van der Waals surface area contributed by atoms with Crippen LogP contribution in [0.5, 0.6) is 0 Å². The number of nitrogens with two attached hydrogens (primary N) is 1.